The summed E-state index contributed by atoms with van der Waals surface area (Å²) >= 11 is 0. The minimum Gasteiger partial charge on any atom is -0.352 e. The predicted octanol–water partition coefficient (Wildman–Crippen LogP) is 2.93. The second-order valence-electron chi connectivity index (χ2n) is 7.38. The zero-order valence-corrected chi connectivity index (χ0v) is 15.1. The van der Waals surface area contributed by atoms with Crippen LogP contribution in [0, 0.1) is 6.92 Å². The molecule has 2 aromatic heterocycles. The van der Waals surface area contributed by atoms with Gasteiger partial charge in [-0.15, -0.1) is 5.10 Å². The number of anilines is 2. The Morgan fingerprint density at radius 3 is 2.35 bits per heavy atom. The Morgan fingerprint density at radius 2 is 1.69 bits per heavy atom. The molecule has 2 aliphatic rings. The Morgan fingerprint density at radius 1 is 0.962 bits per heavy atom. The number of rotatable bonds is 4. The zero-order chi connectivity index (χ0) is 17.7. The van der Waals surface area contributed by atoms with E-state index in [0.29, 0.717) is 12.0 Å². The summed E-state index contributed by atoms with van der Waals surface area (Å²) in [6, 6.07) is 12.7. The van der Waals surface area contributed by atoms with E-state index < -0.39 is 0 Å². The smallest absolute Gasteiger partial charge is 0.151 e. The minimum absolute atomic E-state index is 0.411. The summed E-state index contributed by atoms with van der Waals surface area (Å²) in [5, 5.41) is 8.81. The maximum absolute atomic E-state index is 4.83. The van der Waals surface area contributed by atoms with E-state index in [4.69, 9.17) is 9.97 Å². The molecular formula is C20H22N6. The minimum atomic E-state index is 0.411. The quantitative estimate of drug-likeness (QED) is 0.724. The standard InChI is InChI=1S/C20H22N6/c1-13-20(22-18-6-4-3-5-17(18)21-13)25(2)15-11-26(12-15)19-10-9-16(23-24-19)14-7-8-14/h3-6,9-10,14-15H,7-8,11-12H2,1-2H3. The molecule has 3 aromatic rings. The van der Waals surface area contributed by atoms with Crippen LogP contribution in [0.5, 0.6) is 0 Å². The van der Waals surface area contributed by atoms with Gasteiger partial charge in [-0.05, 0) is 44.0 Å². The van der Waals surface area contributed by atoms with Gasteiger partial charge >= 0.3 is 0 Å². The van der Waals surface area contributed by atoms with Gasteiger partial charge in [-0.2, -0.15) is 5.10 Å². The van der Waals surface area contributed by atoms with Crippen LogP contribution < -0.4 is 9.80 Å². The summed E-state index contributed by atoms with van der Waals surface area (Å²) in [6.07, 6.45) is 2.52. The van der Waals surface area contributed by atoms with Crippen LogP contribution in [0.15, 0.2) is 36.4 Å². The van der Waals surface area contributed by atoms with Crippen molar-refractivity contribution in [2.24, 2.45) is 0 Å². The lowest BCUT2D eigenvalue weighted by Crippen LogP contribution is -2.59. The largest absolute Gasteiger partial charge is 0.352 e. The third-order valence-corrected chi connectivity index (χ3v) is 5.45. The summed E-state index contributed by atoms with van der Waals surface area (Å²) in [7, 11) is 2.11. The Bertz CT molecular complexity index is 944. The molecule has 1 saturated carbocycles. The summed E-state index contributed by atoms with van der Waals surface area (Å²) in [4.78, 5) is 14.1. The van der Waals surface area contributed by atoms with E-state index in [9.17, 15) is 0 Å². The van der Waals surface area contributed by atoms with Crippen LogP contribution >= 0.6 is 0 Å². The Balaban J connectivity index is 1.30. The molecule has 5 rings (SSSR count). The van der Waals surface area contributed by atoms with E-state index in [1.807, 2.05) is 31.2 Å². The molecule has 2 fully saturated rings. The summed E-state index contributed by atoms with van der Waals surface area (Å²) in [5.41, 5.74) is 4.00. The number of benzene rings is 1. The van der Waals surface area contributed by atoms with Crippen molar-refractivity contribution in [1.82, 2.24) is 20.2 Å². The number of fused-ring (bicyclic) bond motifs is 1. The first-order chi connectivity index (χ1) is 12.7. The van der Waals surface area contributed by atoms with Gasteiger partial charge in [0.1, 0.15) is 0 Å². The zero-order valence-electron chi connectivity index (χ0n) is 15.1. The van der Waals surface area contributed by atoms with E-state index >= 15 is 0 Å². The van der Waals surface area contributed by atoms with Gasteiger partial charge in [0.25, 0.3) is 0 Å². The molecule has 6 nitrogen and oxygen atoms in total. The monoisotopic (exact) mass is 346 g/mol. The topological polar surface area (TPSA) is 58.0 Å². The second-order valence-corrected chi connectivity index (χ2v) is 7.38. The fraction of sp³-hybridized carbons (Fsp3) is 0.400. The lowest BCUT2D eigenvalue weighted by Gasteiger charge is -2.45. The molecule has 0 N–H and O–H groups in total. The second kappa shape index (κ2) is 5.90. The molecular weight excluding hydrogens is 324 g/mol. The molecule has 0 radical (unpaired) electrons. The highest BCUT2D eigenvalue weighted by atomic mass is 15.4. The molecule has 1 saturated heterocycles. The van der Waals surface area contributed by atoms with Crippen LogP contribution in [0.2, 0.25) is 0 Å². The highest BCUT2D eigenvalue weighted by Gasteiger charge is 2.33. The van der Waals surface area contributed by atoms with Gasteiger partial charge in [-0.25, -0.2) is 9.97 Å². The Hall–Kier alpha value is -2.76. The highest BCUT2D eigenvalue weighted by molar-refractivity contribution is 5.76. The lowest BCUT2D eigenvalue weighted by atomic mass is 10.1. The SMILES string of the molecule is Cc1nc2ccccc2nc1N(C)C1CN(c2ccc(C3CC3)nn2)C1. The maximum Gasteiger partial charge on any atom is 0.151 e. The molecule has 0 atom stereocenters. The van der Waals surface area contributed by atoms with Gasteiger partial charge in [0.05, 0.1) is 28.5 Å². The lowest BCUT2D eigenvalue weighted by molar-refractivity contribution is 0.487. The van der Waals surface area contributed by atoms with Crippen LogP contribution in [0.3, 0.4) is 0 Å². The average molecular weight is 346 g/mol. The van der Waals surface area contributed by atoms with Crippen LogP contribution in [-0.2, 0) is 0 Å². The molecule has 26 heavy (non-hydrogen) atoms. The molecule has 1 aliphatic heterocycles. The summed E-state index contributed by atoms with van der Waals surface area (Å²) in [5.74, 6) is 2.59. The molecule has 1 aliphatic carbocycles. The number of hydrogen-bond donors (Lipinski definition) is 0. The van der Waals surface area contributed by atoms with E-state index in [-0.39, 0.29) is 0 Å². The van der Waals surface area contributed by atoms with Crippen molar-refractivity contribution in [3.8, 4) is 0 Å². The van der Waals surface area contributed by atoms with Crippen molar-refractivity contribution < 1.29 is 0 Å². The molecule has 6 heteroatoms. The van der Waals surface area contributed by atoms with E-state index in [2.05, 4.69) is 39.2 Å². The Kier molecular flexibility index (Phi) is 3.51. The predicted molar refractivity (Wildman–Crippen MR) is 103 cm³/mol. The van der Waals surface area contributed by atoms with Gasteiger partial charge in [0.15, 0.2) is 11.6 Å². The van der Waals surface area contributed by atoms with Gasteiger partial charge < -0.3 is 9.80 Å². The molecule has 0 amide bonds. The average Bonchev–Trinajstić information content (AvgIpc) is 3.45. The van der Waals surface area contributed by atoms with Crippen molar-refractivity contribution in [1.29, 1.82) is 0 Å². The van der Waals surface area contributed by atoms with Crippen molar-refractivity contribution in [3.05, 3.63) is 47.8 Å². The first kappa shape index (κ1) is 15.5. The fourth-order valence-corrected chi connectivity index (χ4v) is 3.57. The van der Waals surface area contributed by atoms with Crippen molar-refractivity contribution in [3.63, 3.8) is 0 Å². The van der Waals surface area contributed by atoms with Crippen LogP contribution in [0.25, 0.3) is 11.0 Å². The molecule has 3 heterocycles. The first-order valence-corrected chi connectivity index (χ1v) is 9.24. The first-order valence-electron chi connectivity index (χ1n) is 9.24. The van der Waals surface area contributed by atoms with E-state index in [0.717, 1.165) is 47.1 Å². The van der Waals surface area contributed by atoms with E-state index in [1.54, 1.807) is 0 Å². The van der Waals surface area contributed by atoms with E-state index in [1.165, 1.54) is 12.8 Å². The van der Waals surface area contributed by atoms with Gasteiger partial charge in [-0.3, -0.25) is 0 Å². The Labute approximate surface area is 152 Å². The van der Waals surface area contributed by atoms with Gasteiger partial charge in [-0.1, -0.05) is 12.1 Å². The molecule has 0 spiro atoms. The third kappa shape index (κ3) is 2.66. The van der Waals surface area contributed by atoms with Crippen LogP contribution in [0.4, 0.5) is 11.6 Å². The molecule has 132 valence electrons. The molecule has 1 aromatic carbocycles. The van der Waals surface area contributed by atoms with Crippen LogP contribution in [0.1, 0.15) is 30.1 Å². The third-order valence-electron chi connectivity index (χ3n) is 5.45. The number of aromatic nitrogens is 4. The highest BCUT2D eigenvalue weighted by Crippen LogP contribution is 2.39. The van der Waals surface area contributed by atoms with Gasteiger partial charge in [0.2, 0.25) is 0 Å². The normalized spacial score (nSPS) is 17.4. The molecule has 0 bridgehead atoms. The summed E-state index contributed by atoms with van der Waals surface area (Å²) < 4.78 is 0. The number of hydrogen-bond acceptors (Lipinski definition) is 6. The van der Waals surface area contributed by atoms with Gasteiger partial charge in [0, 0.05) is 26.1 Å². The van der Waals surface area contributed by atoms with Crippen molar-refractivity contribution in [2.45, 2.75) is 31.7 Å². The number of para-hydroxylation sites is 2. The van der Waals surface area contributed by atoms with Crippen molar-refractivity contribution >= 4 is 22.7 Å². The molecule has 0 unspecified atom stereocenters. The summed E-state index contributed by atoms with van der Waals surface area (Å²) in [6.45, 7) is 3.90. The number of aryl methyl sites for hydroxylation is 1. The van der Waals surface area contributed by atoms with Crippen LogP contribution in [-0.4, -0.2) is 46.3 Å². The fourth-order valence-electron chi connectivity index (χ4n) is 3.57. The number of nitrogens with zero attached hydrogens (tertiary/aromatic N) is 6. The van der Waals surface area contributed by atoms with Crippen molar-refractivity contribution in [2.75, 3.05) is 29.9 Å². The maximum atomic E-state index is 4.83. The number of likely N-dealkylation sites (N-methyl/N-ethyl adjacent to an activating group) is 1.